The van der Waals surface area contributed by atoms with E-state index < -0.39 is 0 Å². The topological polar surface area (TPSA) is 34.1 Å². The van der Waals surface area contributed by atoms with Crippen molar-refractivity contribution in [2.24, 2.45) is 5.10 Å². The van der Waals surface area contributed by atoms with Crippen LogP contribution in [0.5, 0.6) is 11.5 Å². The van der Waals surface area contributed by atoms with Crippen molar-refractivity contribution >= 4 is 21.6 Å². The molecule has 3 aromatic rings. The second-order valence-corrected chi connectivity index (χ2v) is 8.36. The van der Waals surface area contributed by atoms with Crippen LogP contribution in [0.25, 0.3) is 0 Å². The molecular weight excluding hydrogens is 428 g/mol. The minimum absolute atomic E-state index is 0.128. The van der Waals surface area contributed by atoms with Gasteiger partial charge in [-0.25, -0.2) is 5.01 Å². The Morgan fingerprint density at radius 1 is 1.07 bits per heavy atom. The average molecular weight is 449 g/mol. The molecule has 0 saturated heterocycles. The zero-order chi connectivity index (χ0) is 20.0. The van der Waals surface area contributed by atoms with Crippen molar-refractivity contribution in [2.75, 3.05) is 7.11 Å². The smallest absolute Gasteiger partial charge is 0.213 e. The van der Waals surface area contributed by atoms with E-state index in [1.807, 2.05) is 30.3 Å². The summed E-state index contributed by atoms with van der Waals surface area (Å²) in [5.41, 5.74) is 5.61. The van der Waals surface area contributed by atoms with Crippen molar-refractivity contribution in [1.29, 1.82) is 0 Å². The Morgan fingerprint density at radius 3 is 2.69 bits per heavy atom. The van der Waals surface area contributed by atoms with Crippen molar-refractivity contribution in [3.05, 3.63) is 93.5 Å². The van der Waals surface area contributed by atoms with Gasteiger partial charge >= 0.3 is 0 Å². The van der Waals surface area contributed by atoms with Crippen LogP contribution in [-0.2, 0) is 0 Å². The zero-order valence-electron chi connectivity index (χ0n) is 16.3. The summed E-state index contributed by atoms with van der Waals surface area (Å²) >= 11 is 3.61. The summed E-state index contributed by atoms with van der Waals surface area (Å²) in [5, 5.41) is 7.12. The normalized spacial score (nSPS) is 19.8. The van der Waals surface area contributed by atoms with Gasteiger partial charge in [0.05, 0.1) is 18.9 Å². The van der Waals surface area contributed by atoms with E-state index in [1.54, 1.807) is 7.11 Å². The molecule has 146 valence electrons. The van der Waals surface area contributed by atoms with Crippen LogP contribution < -0.4 is 9.47 Å². The highest BCUT2D eigenvalue weighted by Crippen LogP contribution is 2.48. The van der Waals surface area contributed by atoms with Crippen LogP contribution in [0, 0.1) is 6.92 Å². The molecule has 2 atom stereocenters. The summed E-state index contributed by atoms with van der Waals surface area (Å²) in [6, 6.07) is 22.9. The molecule has 3 aromatic carbocycles. The lowest BCUT2D eigenvalue weighted by molar-refractivity contribution is -0.0190. The van der Waals surface area contributed by atoms with E-state index in [1.165, 1.54) is 5.56 Å². The maximum absolute atomic E-state index is 6.43. The lowest BCUT2D eigenvalue weighted by Gasteiger charge is -2.38. The first kappa shape index (κ1) is 18.3. The third-order valence-corrected chi connectivity index (χ3v) is 6.01. The van der Waals surface area contributed by atoms with Gasteiger partial charge in [-0.05, 0) is 37.3 Å². The second-order valence-electron chi connectivity index (χ2n) is 7.44. The monoisotopic (exact) mass is 448 g/mol. The van der Waals surface area contributed by atoms with E-state index >= 15 is 0 Å². The van der Waals surface area contributed by atoms with E-state index in [0.29, 0.717) is 0 Å². The van der Waals surface area contributed by atoms with Crippen LogP contribution in [0.4, 0.5) is 0 Å². The number of methoxy groups -OCH3 is 1. The summed E-state index contributed by atoms with van der Waals surface area (Å²) in [6.45, 7) is 2.09. The average Bonchev–Trinajstić information content (AvgIpc) is 3.20. The lowest BCUT2D eigenvalue weighted by Crippen LogP contribution is -2.33. The number of benzene rings is 3. The van der Waals surface area contributed by atoms with Gasteiger partial charge in [-0.1, -0.05) is 57.9 Å². The summed E-state index contributed by atoms with van der Waals surface area (Å²) in [5.74, 6) is 1.76. The van der Waals surface area contributed by atoms with Crippen LogP contribution in [0.2, 0.25) is 0 Å². The molecule has 2 heterocycles. The molecule has 0 bridgehead atoms. The standard InChI is InChI=1S/C24H21BrN2O2/c1-15-6-8-16(9-7-15)24-27-22(20-13-18(25)10-11-23(20)29-24)14-21(26-27)17-4-3-5-19(12-17)28-2/h3-13,22,24H,14H2,1-2H3/t22-,24+/m0/s1. The minimum atomic E-state index is -0.252. The molecule has 5 heteroatoms. The zero-order valence-corrected chi connectivity index (χ0v) is 17.9. The van der Waals surface area contributed by atoms with Crippen molar-refractivity contribution in [1.82, 2.24) is 5.01 Å². The van der Waals surface area contributed by atoms with Crippen LogP contribution >= 0.6 is 15.9 Å². The number of aryl methyl sites for hydroxylation is 1. The molecule has 4 nitrogen and oxygen atoms in total. The maximum atomic E-state index is 6.43. The SMILES string of the molecule is COc1cccc(C2=NN3[C@@H](c4ccc(C)cc4)Oc4ccc(Br)cc4[C@@H]3C2)c1. The number of ether oxygens (including phenoxy) is 2. The fourth-order valence-corrected chi connectivity index (χ4v) is 4.37. The van der Waals surface area contributed by atoms with Gasteiger partial charge in [-0.15, -0.1) is 0 Å². The predicted octanol–water partition coefficient (Wildman–Crippen LogP) is 6.01. The van der Waals surface area contributed by atoms with Crippen LogP contribution in [0.3, 0.4) is 0 Å². The predicted molar refractivity (Wildman–Crippen MR) is 117 cm³/mol. The largest absolute Gasteiger partial charge is 0.497 e. The Hall–Kier alpha value is -2.79. The molecule has 29 heavy (non-hydrogen) atoms. The molecule has 0 amide bonds. The third kappa shape index (κ3) is 3.29. The first-order chi connectivity index (χ1) is 14.1. The van der Waals surface area contributed by atoms with Gasteiger partial charge in [0.1, 0.15) is 11.5 Å². The Morgan fingerprint density at radius 2 is 1.90 bits per heavy atom. The number of hydrogen-bond acceptors (Lipinski definition) is 4. The highest BCUT2D eigenvalue weighted by Gasteiger charge is 2.41. The molecule has 5 rings (SSSR count). The molecule has 0 aromatic heterocycles. The third-order valence-electron chi connectivity index (χ3n) is 5.52. The summed E-state index contributed by atoms with van der Waals surface area (Å²) in [4.78, 5) is 0. The number of hydrazone groups is 1. The van der Waals surface area contributed by atoms with Crippen molar-refractivity contribution < 1.29 is 9.47 Å². The van der Waals surface area contributed by atoms with Crippen molar-refractivity contribution in [2.45, 2.75) is 25.6 Å². The first-order valence-corrected chi connectivity index (χ1v) is 10.4. The minimum Gasteiger partial charge on any atom is -0.497 e. The summed E-state index contributed by atoms with van der Waals surface area (Å²) in [6.07, 6.45) is 0.569. The number of nitrogens with zero attached hydrogens (tertiary/aromatic N) is 2. The van der Waals surface area contributed by atoms with Gasteiger partial charge < -0.3 is 9.47 Å². The van der Waals surface area contributed by atoms with Gasteiger partial charge in [0, 0.05) is 27.6 Å². The summed E-state index contributed by atoms with van der Waals surface area (Å²) in [7, 11) is 1.69. The van der Waals surface area contributed by atoms with Crippen LogP contribution in [-0.4, -0.2) is 17.8 Å². The summed E-state index contributed by atoms with van der Waals surface area (Å²) < 4.78 is 12.9. The van der Waals surface area contributed by atoms with Gasteiger partial charge in [-0.3, -0.25) is 0 Å². The molecule has 0 N–H and O–H groups in total. The molecule has 0 spiro atoms. The van der Waals surface area contributed by atoms with E-state index in [4.69, 9.17) is 14.6 Å². The first-order valence-electron chi connectivity index (χ1n) is 9.65. The van der Waals surface area contributed by atoms with Crippen molar-refractivity contribution in [3.63, 3.8) is 0 Å². The van der Waals surface area contributed by atoms with Crippen LogP contribution in [0.15, 0.2) is 76.3 Å². The fraction of sp³-hybridized carbons (Fsp3) is 0.208. The number of halogens is 1. The molecule has 2 aliphatic rings. The van der Waals surface area contributed by atoms with Gasteiger partial charge in [0.2, 0.25) is 6.23 Å². The Bertz CT molecular complexity index is 1090. The second kappa shape index (κ2) is 7.23. The Labute approximate surface area is 178 Å². The molecular formula is C24H21BrN2O2. The van der Waals surface area contributed by atoms with Gasteiger partial charge in [-0.2, -0.15) is 5.10 Å². The molecule has 0 unspecified atom stereocenters. The molecule has 0 fully saturated rings. The highest BCUT2D eigenvalue weighted by molar-refractivity contribution is 9.10. The van der Waals surface area contributed by atoms with Gasteiger partial charge in [0.25, 0.3) is 0 Å². The van der Waals surface area contributed by atoms with E-state index in [0.717, 1.165) is 44.8 Å². The Kier molecular flexibility index (Phi) is 4.55. The van der Waals surface area contributed by atoms with E-state index in [-0.39, 0.29) is 12.3 Å². The van der Waals surface area contributed by atoms with Gasteiger partial charge in [0.15, 0.2) is 0 Å². The molecule has 0 aliphatic carbocycles. The van der Waals surface area contributed by atoms with Crippen LogP contribution in [0.1, 0.15) is 40.9 Å². The quantitative estimate of drug-likeness (QED) is 0.491. The van der Waals surface area contributed by atoms with E-state index in [2.05, 4.69) is 64.3 Å². The molecule has 0 radical (unpaired) electrons. The highest BCUT2D eigenvalue weighted by atomic mass is 79.9. The molecule has 0 saturated carbocycles. The van der Waals surface area contributed by atoms with E-state index in [9.17, 15) is 0 Å². The molecule has 2 aliphatic heterocycles. The van der Waals surface area contributed by atoms with Crippen molar-refractivity contribution in [3.8, 4) is 11.5 Å². The lowest BCUT2D eigenvalue weighted by atomic mass is 9.96. The number of fused-ring (bicyclic) bond motifs is 3. The maximum Gasteiger partial charge on any atom is 0.213 e. The number of hydrogen-bond donors (Lipinski definition) is 0. The fourth-order valence-electron chi connectivity index (χ4n) is 3.99. The number of rotatable bonds is 3. The Balaban J connectivity index is 1.59.